The van der Waals surface area contributed by atoms with Crippen molar-refractivity contribution >= 4 is 23.4 Å². The summed E-state index contributed by atoms with van der Waals surface area (Å²) >= 11 is 7.29. The summed E-state index contributed by atoms with van der Waals surface area (Å²) in [4.78, 5) is 1.00. The molecule has 0 spiro atoms. The van der Waals surface area contributed by atoms with E-state index in [4.69, 9.17) is 17.3 Å². The van der Waals surface area contributed by atoms with Crippen molar-refractivity contribution in [2.24, 2.45) is 5.73 Å². The quantitative estimate of drug-likeness (QED) is 0.846. The molecule has 1 atom stereocenters. The number of nitrogens with two attached hydrogens (primary N) is 1. The predicted molar refractivity (Wildman–Crippen MR) is 75.5 cm³/mol. The fourth-order valence-electron chi connectivity index (χ4n) is 1.61. The molecule has 2 rings (SSSR count). The molecule has 0 bridgehead atoms. The average Bonchev–Trinajstić information content (AvgIpc) is 2.37. The number of halogens is 3. The second-order valence-corrected chi connectivity index (χ2v) is 5.57. The van der Waals surface area contributed by atoms with Gasteiger partial charge in [-0.25, -0.2) is 8.78 Å². The molecule has 19 heavy (non-hydrogen) atoms. The largest absolute Gasteiger partial charge is 0.323 e. The van der Waals surface area contributed by atoms with Crippen LogP contribution in [0.1, 0.15) is 11.6 Å². The maximum absolute atomic E-state index is 13.5. The van der Waals surface area contributed by atoms with Crippen LogP contribution in [0.5, 0.6) is 0 Å². The molecule has 0 saturated carbocycles. The fourth-order valence-corrected chi connectivity index (χ4v) is 2.61. The molecule has 0 radical (unpaired) electrons. The monoisotopic (exact) mass is 299 g/mol. The van der Waals surface area contributed by atoms with Gasteiger partial charge in [-0.3, -0.25) is 0 Å². The Bertz CT molecular complexity index is 560. The lowest BCUT2D eigenvalue weighted by Crippen LogP contribution is -2.14. The van der Waals surface area contributed by atoms with Crippen molar-refractivity contribution in [2.45, 2.75) is 10.9 Å². The van der Waals surface area contributed by atoms with Crippen molar-refractivity contribution in [2.75, 3.05) is 5.75 Å². The zero-order valence-electron chi connectivity index (χ0n) is 9.95. The molecule has 1 unspecified atom stereocenters. The molecule has 0 aliphatic carbocycles. The molecular weight excluding hydrogens is 288 g/mol. The first kappa shape index (κ1) is 14.3. The maximum Gasteiger partial charge on any atom is 0.130 e. The molecular formula is C14H12ClF2NS. The van der Waals surface area contributed by atoms with E-state index in [-0.39, 0.29) is 0 Å². The van der Waals surface area contributed by atoms with Crippen LogP contribution in [0.15, 0.2) is 47.4 Å². The highest BCUT2D eigenvalue weighted by atomic mass is 35.5. The predicted octanol–water partition coefficient (Wildman–Crippen LogP) is 4.41. The normalized spacial score (nSPS) is 12.4. The number of benzene rings is 2. The van der Waals surface area contributed by atoms with Crippen LogP contribution in [0.2, 0.25) is 5.02 Å². The SMILES string of the molecule is NC(CSc1ccc(Cl)cc1)c1ccc(F)cc1F. The minimum atomic E-state index is -0.607. The van der Waals surface area contributed by atoms with Crippen molar-refractivity contribution in [1.29, 1.82) is 0 Å². The Labute approximate surface area is 119 Å². The molecule has 0 saturated heterocycles. The minimum Gasteiger partial charge on any atom is -0.323 e. The van der Waals surface area contributed by atoms with E-state index in [9.17, 15) is 8.78 Å². The van der Waals surface area contributed by atoms with Crippen LogP contribution in [0, 0.1) is 11.6 Å². The number of rotatable bonds is 4. The van der Waals surface area contributed by atoms with Crippen LogP contribution in [-0.4, -0.2) is 5.75 Å². The first-order chi connectivity index (χ1) is 9.06. The molecule has 0 amide bonds. The van der Waals surface area contributed by atoms with Crippen LogP contribution >= 0.6 is 23.4 Å². The minimum absolute atomic E-state index is 0.322. The van der Waals surface area contributed by atoms with E-state index in [1.807, 2.05) is 12.1 Å². The van der Waals surface area contributed by atoms with Crippen molar-refractivity contribution in [3.8, 4) is 0 Å². The summed E-state index contributed by atoms with van der Waals surface area (Å²) in [6.07, 6.45) is 0. The van der Waals surface area contributed by atoms with E-state index >= 15 is 0 Å². The van der Waals surface area contributed by atoms with Gasteiger partial charge in [-0.15, -0.1) is 11.8 Å². The summed E-state index contributed by atoms with van der Waals surface area (Å²) in [5, 5.41) is 0.665. The molecule has 5 heteroatoms. The van der Waals surface area contributed by atoms with Gasteiger partial charge in [0.25, 0.3) is 0 Å². The van der Waals surface area contributed by atoms with Gasteiger partial charge < -0.3 is 5.73 Å². The van der Waals surface area contributed by atoms with Crippen molar-refractivity contribution in [1.82, 2.24) is 0 Å². The van der Waals surface area contributed by atoms with E-state index in [1.54, 1.807) is 12.1 Å². The smallest absolute Gasteiger partial charge is 0.130 e. The Balaban J connectivity index is 2.01. The van der Waals surface area contributed by atoms with Crippen molar-refractivity contribution in [3.05, 3.63) is 64.7 Å². The Kier molecular flexibility index (Phi) is 4.80. The van der Waals surface area contributed by atoms with Gasteiger partial charge in [-0.2, -0.15) is 0 Å². The highest BCUT2D eigenvalue weighted by molar-refractivity contribution is 7.99. The third-order valence-corrected chi connectivity index (χ3v) is 3.99. The molecule has 2 N–H and O–H groups in total. The molecule has 0 aliphatic heterocycles. The van der Waals surface area contributed by atoms with Gasteiger partial charge in [0.2, 0.25) is 0 Å². The highest BCUT2D eigenvalue weighted by Crippen LogP contribution is 2.26. The van der Waals surface area contributed by atoms with Gasteiger partial charge in [0.05, 0.1) is 0 Å². The second-order valence-electron chi connectivity index (χ2n) is 4.04. The third-order valence-electron chi connectivity index (χ3n) is 2.61. The number of hydrogen-bond donors (Lipinski definition) is 1. The summed E-state index contributed by atoms with van der Waals surface area (Å²) in [5.41, 5.74) is 6.24. The van der Waals surface area contributed by atoms with Crippen LogP contribution < -0.4 is 5.73 Å². The molecule has 2 aromatic rings. The zero-order chi connectivity index (χ0) is 13.8. The summed E-state index contributed by atoms with van der Waals surface area (Å²) in [5.74, 6) is -0.701. The van der Waals surface area contributed by atoms with Gasteiger partial charge in [0.15, 0.2) is 0 Å². The zero-order valence-corrected chi connectivity index (χ0v) is 11.5. The van der Waals surface area contributed by atoms with E-state index < -0.39 is 17.7 Å². The van der Waals surface area contributed by atoms with Gasteiger partial charge >= 0.3 is 0 Å². The molecule has 100 valence electrons. The van der Waals surface area contributed by atoms with E-state index in [1.165, 1.54) is 23.9 Å². The highest BCUT2D eigenvalue weighted by Gasteiger charge is 2.12. The molecule has 0 fully saturated rings. The standard InChI is InChI=1S/C14H12ClF2NS/c15-9-1-4-11(5-2-9)19-8-14(18)12-6-3-10(16)7-13(12)17/h1-7,14H,8,18H2. The number of thioether (sulfide) groups is 1. The van der Waals surface area contributed by atoms with Crippen LogP contribution in [0.4, 0.5) is 8.78 Å². The summed E-state index contributed by atoms with van der Waals surface area (Å²) in [6.45, 7) is 0. The lowest BCUT2D eigenvalue weighted by Gasteiger charge is -2.12. The van der Waals surface area contributed by atoms with E-state index in [0.717, 1.165) is 11.0 Å². The maximum atomic E-state index is 13.5. The van der Waals surface area contributed by atoms with Crippen molar-refractivity contribution < 1.29 is 8.78 Å². The van der Waals surface area contributed by atoms with Gasteiger partial charge in [-0.1, -0.05) is 17.7 Å². The number of hydrogen-bond acceptors (Lipinski definition) is 2. The molecule has 0 heterocycles. The molecule has 1 nitrogen and oxygen atoms in total. The molecule has 0 aromatic heterocycles. The molecule has 2 aromatic carbocycles. The topological polar surface area (TPSA) is 26.0 Å². The average molecular weight is 300 g/mol. The lowest BCUT2D eigenvalue weighted by atomic mass is 10.1. The van der Waals surface area contributed by atoms with Crippen molar-refractivity contribution in [3.63, 3.8) is 0 Å². The van der Waals surface area contributed by atoms with Gasteiger partial charge in [-0.05, 0) is 30.3 Å². The fraction of sp³-hybridized carbons (Fsp3) is 0.143. The third kappa shape index (κ3) is 3.93. The molecule has 0 aliphatic rings. The first-order valence-electron chi connectivity index (χ1n) is 5.65. The Hall–Kier alpha value is -1.10. The van der Waals surface area contributed by atoms with E-state index in [2.05, 4.69) is 0 Å². The Morgan fingerprint density at radius 2 is 1.79 bits per heavy atom. The lowest BCUT2D eigenvalue weighted by molar-refractivity contribution is 0.563. The van der Waals surface area contributed by atoms with Gasteiger partial charge in [0.1, 0.15) is 11.6 Å². The summed E-state index contributed by atoms with van der Waals surface area (Å²) < 4.78 is 26.3. The van der Waals surface area contributed by atoms with Crippen LogP contribution in [0.25, 0.3) is 0 Å². The van der Waals surface area contributed by atoms with Crippen LogP contribution in [-0.2, 0) is 0 Å². The summed E-state index contributed by atoms with van der Waals surface area (Å²) in [6, 6.07) is 10.3. The van der Waals surface area contributed by atoms with E-state index in [0.29, 0.717) is 16.3 Å². The van der Waals surface area contributed by atoms with Crippen LogP contribution in [0.3, 0.4) is 0 Å². The first-order valence-corrected chi connectivity index (χ1v) is 7.01. The van der Waals surface area contributed by atoms with Gasteiger partial charge in [0, 0.05) is 33.3 Å². The summed E-state index contributed by atoms with van der Waals surface area (Å²) in [7, 11) is 0. The second kappa shape index (κ2) is 6.37. The Morgan fingerprint density at radius 1 is 1.11 bits per heavy atom. The Morgan fingerprint density at radius 3 is 2.42 bits per heavy atom.